The van der Waals surface area contributed by atoms with E-state index in [0.29, 0.717) is 6.61 Å². The fourth-order valence-electron chi connectivity index (χ4n) is 1.43. The minimum atomic E-state index is 0.261. The molecule has 0 aromatic carbocycles. The molecule has 1 heterocycles. The molecule has 0 fully saturated rings. The molecule has 0 spiro atoms. The van der Waals surface area contributed by atoms with Crippen molar-refractivity contribution in [2.45, 2.75) is 32.7 Å². The van der Waals surface area contributed by atoms with Gasteiger partial charge in [-0.3, -0.25) is 0 Å². The molecule has 0 aliphatic carbocycles. The maximum absolute atomic E-state index is 5.68. The van der Waals surface area contributed by atoms with Crippen molar-refractivity contribution in [3.05, 3.63) is 18.3 Å². The van der Waals surface area contributed by atoms with Gasteiger partial charge in [0.1, 0.15) is 0 Å². The molecule has 1 rings (SSSR count). The van der Waals surface area contributed by atoms with Crippen LogP contribution >= 0.6 is 0 Å². The lowest BCUT2D eigenvalue weighted by Crippen LogP contribution is -2.16. The van der Waals surface area contributed by atoms with Crippen LogP contribution in [0.2, 0.25) is 0 Å². The van der Waals surface area contributed by atoms with E-state index in [2.05, 4.69) is 10.3 Å². The van der Waals surface area contributed by atoms with Gasteiger partial charge in [-0.2, -0.15) is 0 Å². The summed E-state index contributed by atoms with van der Waals surface area (Å²) in [6.07, 6.45) is 3.82. The van der Waals surface area contributed by atoms with E-state index in [1.165, 1.54) is 0 Å². The van der Waals surface area contributed by atoms with Crippen molar-refractivity contribution in [1.82, 2.24) is 4.98 Å². The molecule has 0 saturated carbocycles. The predicted molar refractivity (Wildman–Crippen MR) is 66.8 cm³/mol. The van der Waals surface area contributed by atoms with Crippen LogP contribution in [0.4, 0.5) is 5.82 Å². The van der Waals surface area contributed by atoms with Crippen LogP contribution in [0.25, 0.3) is 0 Å². The molecule has 0 amide bonds. The number of nitrogens with one attached hydrogen (secondary N) is 1. The third kappa shape index (κ3) is 4.49. The van der Waals surface area contributed by atoms with E-state index in [1.54, 1.807) is 6.20 Å². The number of hydrogen-bond acceptors (Lipinski definition) is 4. The van der Waals surface area contributed by atoms with Crippen molar-refractivity contribution >= 4 is 5.82 Å². The number of hydrogen-bond donors (Lipinski definition) is 2. The number of ether oxygens (including phenoxy) is 1. The maximum atomic E-state index is 5.68. The highest BCUT2D eigenvalue weighted by Crippen LogP contribution is 2.20. The zero-order valence-electron chi connectivity index (χ0n) is 10.1. The van der Waals surface area contributed by atoms with Crippen LogP contribution in [0.15, 0.2) is 18.3 Å². The Labute approximate surface area is 97.2 Å². The van der Waals surface area contributed by atoms with E-state index in [0.717, 1.165) is 31.0 Å². The average molecular weight is 223 g/mol. The molecule has 90 valence electrons. The van der Waals surface area contributed by atoms with Gasteiger partial charge >= 0.3 is 0 Å². The highest BCUT2D eigenvalue weighted by molar-refractivity contribution is 5.49. The Morgan fingerprint density at radius 1 is 1.56 bits per heavy atom. The number of nitrogens with two attached hydrogens (primary N) is 1. The van der Waals surface area contributed by atoms with Crippen molar-refractivity contribution in [2.24, 2.45) is 5.73 Å². The third-order valence-electron chi connectivity index (χ3n) is 2.20. The van der Waals surface area contributed by atoms with Crippen molar-refractivity contribution in [1.29, 1.82) is 0 Å². The lowest BCUT2D eigenvalue weighted by molar-refractivity contribution is 0.340. The molecule has 0 bridgehead atoms. The van der Waals surface area contributed by atoms with Crippen LogP contribution in [0.5, 0.6) is 5.75 Å². The maximum Gasteiger partial charge on any atom is 0.168 e. The summed E-state index contributed by atoms with van der Waals surface area (Å²) in [6.45, 7) is 5.51. The second-order valence-corrected chi connectivity index (χ2v) is 3.83. The molecule has 0 saturated heterocycles. The van der Waals surface area contributed by atoms with Gasteiger partial charge in [0.25, 0.3) is 0 Å². The van der Waals surface area contributed by atoms with E-state index < -0.39 is 0 Å². The Kier molecular flexibility index (Phi) is 5.64. The van der Waals surface area contributed by atoms with Crippen molar-refractivity contribution in [2.75, 3.05) is 18.5 Å². The Balaban J connectivity index is 2.40. The summed E-state index contributed by atoms with van der Waals surface area (Å²) in [7, 11) is 0. The Hall–Kier alpha value is -1.29. The topological polar surface area (TPSA) is 60.2 Å². The van der Waals surface area contributed by atoms with Gasteiger partial charge < -0.3 is 15.8 Å². The first kappa shape index (κ1) is 12.8. The Bertz CT molecular complexity index is 302. The highest BCUT2D eigenvalue weighted by Gasteiger charge is 2.02. The first-order valence-corrected chi connectivity index (χ1v) is 5.81. The minimum Gasteiger partial charge on any atom is -0.490 e. The molecular formula is C12H21N3O. The molecule has 1 aromatic heterocycles. The van der Waals surface area contributed by atoms with E-state index in [4.69, 9.17) is 10.5 Å². The largest absolute Gasteiger partial charge is 0.490 e. The first-order chi connectivity index (χ1) is 7.74. The summed E-state index contributed by atoms with van der Waals surface area (Å²) in [5.74, 6) is 1.62. The second-order valence-electron chi connectivity index (χ2n) is 3.83. The molecule has 4 heteroatoms. The highest BCUT2D eigenvalue weighted by atomic mass is 16.5. The molecule has 0 aliphatic rings. The van der Waals surface area contributed by atoms with Gasteiger partial charge in [0.15, 0.2) is 11.6 Å². The van der Waals surface area contributed by atoms with Gasteiger partial charge in [-0.25, -0.2) is 4.98 Å². The number of anilines is 1. The van der Waals surface area contributed by atoms with Gasteiger partial charge in [0.05, 0.1) is 6.61 Å². The van der Waals surface area contributed by atoms with Crippen LogP contribution < -0.4 is 15.8 Å². The fraction of sp³-hybridized carbons (Fsp3) is 0.583. The fourth-order valence-corrected chi connectivity index (χ4v) is 1.43. The van der Waals surface area contributed by atoms with Crippen LogP contribution in [0.3, 0.4) is 0 Å². The number of aromatic nitrogens is 1. The summed E-state index contributed by atoms with van der Waals surface area (Å²) >= 11 is 0. The van der Waals surface area contributed by atoms with E-state index in [1.807, 2.05) is 26.0 Å². The molecule has 3 N–H and O–H groups in total. The number of rotatable bonds is 7. The van der Waals surface area contributed by atoms with Crippen LogP contribution in [0, 0.1) is 0 Å². The minimum absolute atomic E-state index is 0.261. The standard InChI is InChI=1S/C12H21N3O/c1-3-16-11-7-5-9-15-12(11)14-8-4-6-10(2)13/h5,7,9-10H,3-4,6,8,13H2,1-2H3,(H,14,15). The zero-order valence-corrected chi connectivity index (χ0v) is 10.1. The lowest BCUT2D eigenvalue weighted by Gasteiger charge is -2.11. The smallest absolute Gasteiger partial charge is 0.168 e. The monoisotopic (exact) mass is 223 g/mol. The van der Waals surface area contributed by atoms with Crippen molar-refractivity contribution in [3.63, 3.8) is 0 Å². The summed E-state index contributed by atoms with van der Waals surface area (Å²) < 4.78 is 5.47. The molecule has 1 aromatic rings. The Morgan fingerprint density at radius 2 is 2.38 bits per heavy atom. The summed E-state index contributed by atoms with van der Waals surface area (Å²) in [5.41, 5.74) is 5.68. The van der Waals surface area contributed by atoms with Gasteiger partial charge in [0, 0.05) is 18.8 Å². The molecule has 16 heavy (non-hydrogen) atoms. The van der Waals surface area contributed by atoms with Crippen molar-refractivity contribution in [3.8, 4) is 5.75 Å². The predicted octanol–water partition coefficient (Wildman–Crippen LogP) is 2.02. The molecule has 1 atom stereocenters. The quantitative estimate of drug-likeness (QED) is 0.694. The first-order valence-electron chi connectivity index (χ1n) is 5.81. The van der Waals surface area contributed by atoms with Crippen molar-refractivity contribution < 1.29 is 4.74 Å². The second kappa shape index (κ2) is 7.06. The zero-order chi connectivity index (χ0) is 11.8. The van der Waals surface area contributed by atoms with Crippen LogP contribution in [0.1, 0.15) is 26.7 Å². The van der Waals surface area contributed by atoms with E-state index in [-0.39, 0.29) is 6.04 Å². The number of nitrogens with zero attached hydrogens (tertiary/aromatic N) is 1. The Morgan fingerprint density at radius 3 is 3.06 bits per heavy atom. The SMILES string of the molecule is CCOc1cccnc1NCCCC(C)N. The van der Waals surface area contributed by atoms with Gasteiger partial charge in [-0.15, -0.1) is 0 Å². The van der Waals surface area contributed by atoms with Gasteiger partial charge in [0.2, 0.25) is 0 Å². The molecule has 0 radical (unpaired) electrons. The van der Waals surface area contributed by atoms with Gasteiger partial charge in [-0.1, -0.05) is 0 Å². The normalized spacial score (nSPS) is 12.2. The average Bonchev–Trinajstić information content (AvgIpc) is 2.26. The molecular weight excluding hydrogens is 202 g/mol. The van der Waals surface area contributed by atoms with E-state index in [9.17, 15) is 0 Å². The van der Waals surface area contributed by atoms with Gasteiger partial charge in [-0.05, 0) is 38.8 Å². The molecule has 0 aliphatic heterocycles. The van der Waals surface area contributed by atoms with Crippen LogP contribution in [-0.4, -0.2) is 24.2 Å². The van der Waals surface area contributed by atoms with E-state index >= 15 is 0 Å². The lowest BCUT2D eigenvalue weighted by atomic mass is 10.2. The van der Waals surface area contributed by atoms with Crippen LogP contribution in [-0.2, 0) is 0 Å². The molecule has 1 unspecified atom stereocenters. The number of pyridine rings is 1. The third-order valence-corrected chi connectivity index (χ3v) is 2.20. The molecule has 4 nitrogen and oxygen atoms in total. The summed E-state index contributed by atoms with van der Waals surface area (Å²) in [5, 5.41) is 3.26. The summed E-state index contributed by atoms with van der Waals surface area (Å²) in [4.78, 5) is 4.25. The summed E-state index contributed by atoms with van der Waals surface area (Å²) in [6, 6.07) is 4.06.